The van der Waals surface area contributed by atoms with Crippen LogP contribution in [0.2, 0.25) is 0 Å². The molecule has 122 valence electrons. The molecule has 3 heteroatoms. The fourth-order valence-corrected chi connectivity index (χ4v) is 6.23. The van der Waals surface area contributed by atoms with Gasteiger partial charge in [-0.25, -0.2) is 0 Å². The summed E-state index contributed by atoms with van der Waals surface area (Å²) in [6, 6.07) is 0.429. The van der Waals surface area contributed by atoms with Crippen molar-refractivity contribution in [3.05, 3.63) is 0 Å². The van der Waals surface area contributed by atoms with E-state index in [2.05, 4.69) is 32.5 Å². The van der Waals surface area contributed by atoms with Crippen LogP contribution < -0.4 is 5.73 Å². The van der Waals surface area contributed by atoms with Gasteiger partial charge in [0.25, 0.3) is 0 Å². The third-order valence-electron chi connectivity index (χ3n) is 6.38. The van der Waals surface area contributed by atoms with Crippen LogP contribution in [0.25, 0.3) is 0 Å². The molecule has 1 saturated carbocycles. The Labute approximate surface area is 135 Å². The van der Waals surface area contributed by atoms with Crippen molar-refractivity contribution in [1.29, 1.82) is 0 Å². The first-order valence-corrected chi connectivity index (χ1v) is 10.0. The molecule has 5 atom stereocenters. The first-order valence-electron chi connectivity index (χ1n) is 8.87. The number of hydrogen-bond donors (Lipinski definition) is 1. The van der Waals surface area contributed by atoms with Crippen LogP contribution in [0.15, 0.2) is 0 Å². The summed E-state index contributed by atoms with van der Waals surface area (Å²) in [7, 11) is 0. The Bertz CT molecular complexity index is 359. The molecule has 3 fully saturated rings. The third kappa shape index (κ3) is 3.45. The zero-order valence-electron chi connectivity index (χ0n) is 14.1. The molecular weight excluding hydrogens is 278 g/mol. The fourth-order valence-electron chi connectivity index (χ4n) is 4.85. The highest BCUT2D eigenvalue weighted by atomic mass is 32.2. The van der Waals surface area contributed by atoms with Gasteiger partial charge >= 0.3 is 0 Å². The van der Waals surface area contributed by atoms with Crippen molar-refractivity contribution in [2.45, 2.75) is 70.9 Å². The molecule has 2 aliphatic heterocycles. The molecule has 1 aliphatic carbocycles. The highest BCUT2D eigenvalue weighted by Gasteiger charge is 2.45. The largest absolute Gasteiger partial charge is 0.374 e. The highest BCUT2D eigenvalue weighted by molar-refractivity contribution is 7.99. The average Bonchev–Trinajstić information content (AvgIpc) is 2.86. The van der Waals surface area contributed by atoms with Crippen molar-refractivity contribution < 1.29 is 4.74 Å². The lowest BCUT2D eigenvalue weighted by Crippen LogP contribution is -2.48. The molecule has 3 rings (SSSR count). The summed E-state index contributed by atoms with van der Waals surface area (Å²) < 4.78 is 6.22. The molecule has 21 heavy (non-hydrogen) atoms. The van der Waals surface area contributed by atoms with E-state index in [1.165, 1.54) is 50.0 Å². The Hall–Kier alpha value is 0.270. The van der Waals surface area contributed by atoms with E-state index in [0.717, 1.165) is 24.4 Å². The van der Waals surface area contributed by atoms with Gasteiger partial charge in [0.2, 0.25) is 0 Å². The number of ether oxygens (including phenoxy) is 1. The number of rotatable bonds is 1. The smallest absolute Gasteiger partial charge is 0.0783 e. The van der Waals surface area contributed by atoms with Gasteiger partial charge in [0, 0.05) is 18.4 Å². The summed E-state index contributed by atoms with van der Waals surface area (Å²) >= 11 is 2.08. The molecule has 0 aromatic heterocycles. The highest BCUT2D eigenvalue weighted by Crippen LogP contribution is 2.48. The minimum Gasteiger partial charge on any atom is -0.374 e. The Balaban J connectivity index is 1.69. The van der Waals surface area contributed by atoms with Crippen LogP contribution in [-0.4, -0.2) is 29.8 Å². The molecule has 2 saturated heterocycles. The normalized spacial score (nSPS) is 45.1. The van der Waals surface area contributed by atoms with E-state index < -0.39 is 0 Å². The molecule has 0 radical (unpaired) electrons. The van der Waals surface area contributed by atoms with E-state index in [9.17, 15) is 0 Å². The topological polar surface area (TPSA) is 35.2 Å². The van der Waals surface area contributed by atoms with Gasteiger partial charge in [0.1, 0.15) is 0 Å². The van der Waals surface area contributed by atoms with Crippen molar-refractivity contribution in [2.24, 2.45) is 28.9 Å². The summed E-state index contributed by atoms with van der Waals surface area (Å²) in [5, 5.41) is 0. The van der Waals surface area contributed by atoms with Crippen LogP contribution in [0.5, 0.6) is 0 Å². The fraction of sp³-hybridized carbons (Fsp3) is 1.00. The second kappa shape index (κ2) is 6.05. The predicted octanol–water partition coefficient (Wildman–Crippen LogP) is 4.08. The van der Waals surface area contributed by atoms with Gasteiger partial charge in [0.15, 0.2) is 0 Å². The van der Waals surface area contributed by atoms with Gasteiger partial charge in [-0.3, -0.25) is 0 Å². The lowest BCUT2D eigenvalue weighted by Gasteiger charge is -2.47. The quantitative estimate of drug-likeness (QED) is 0.792. The minimum atomic E-state index is 0.210. The molecule has 0 bridgehead atoms. The Kier molecular flexibility index (Phi) is 4.65. The zero-order valence-corrected chi connectivity index (χ0v) is 14.9. The molecule has 0 aromatic carbocycles. The predicted molar refractivity (Wildman–Crippen MR) is 91.6 cm³/mol. The molecule has 2 heterocycles. The Morgan fingerprint density at radius 2 is 2.00 bits per heavy atom. The van der Waals surface area contributed by atoms with Crippen molar-refractivity contribution in [3.8, 4) is 0 Å². The maximum absolute atomic E-state index is 6.56. The van der Waals surface area contributed by atoms with Crippen molar-refractivity contribution in [1.82, 2.24) is 0 Å². The Morgan fingerprint density at radius 1 is 1.19 bits per heavy atom. The first kappa shape index (κ1) is 16.1. The zero-order chi connectivity index (χ0) is 15.1. The third-order valence-corrected chi connectivity index (χ3v) is 7.61. The lowest BCUT2D eigenvalue weighted by atomic mass is 9.62. The summed E-state index contributed by atoms with van der Waals surface area (Å²) in [6.07, 6.45) is 7.67. The van der Waals surface area contributed by atoms with E-state index in [4.69, 9.17) is 10.5 Å². The molecule has 0 amide bonds. The standard InChI is InChI=1S/C18H33NOS/c1-17(2,3)14-4-5-16(19)15(10-14)13-6-8-20-18(11-13)7-9-21-12-18/h13-16H,4-12,19H2,1-3H3. The monoisotopic (exact) mass is 311 g/mol. The molecule has 2 nitrogen and oxygen atoms in total. The minimum absolute atomic E-state index is 0.210. The molecule has 2 N–H and O–H groups in total. The summed E-state index contributed by atoms with van der Waals surface area (Å²) in [4.78, 5) is 0. The van der Waals surface area contributed by atoms with Crippen LogP contribution in [0.4, 0.5) is 0 Å². The summed E-state index contributed by atoms with van der Waals surface area (Å²) in [5.74, 6) is 4.88. The van der Waals surface area contributed by atoms with Crippen molar-refractivity contribution in [3.63, 3.8) is 0 Å². The second-order valence-corrected chi connectivity index (χ2v) is 9.90. The van der Waals surface area contributed by atoms with E-state index in [1.54, 1.807) is 0 Å². The van der Waals surface area contributed by atoms with Crippen LogP contribution in [0.3, 0.4) is 0 Å². The number of nitrogens with two attached hydrogens (primary N) is 1. The summed E-state index contributed by atoms with van der Waals surface area (Å²) in [6.45, 7) is 8.19. The van der Waals surface area contributed by atoms with Gasteiger partial charge in [0.05, 0.1) is 5.60 Å². The summed E-state index contributed by atoms with van der Waals surface area (Å²) in [5.41, 5.74) is 7.20. The molecule has 5 unspecified atom stereocenters. The van der Waals surface area contributed by atoms with E-state index in [1.807, 2.05) is 0 Å². The molecule has 3 aliphatic rings. The van der Waals surface area contributed by atoms with Crippen LogP contribution in [-0.2, 0) is 4.74 Å². The molecule has 0 aromatic rings. The van der Waals surface area contributed by atoms with Crippen LogP contribution >= 0.6 is 11.8 Å². The lowest BCUT2D eigenvalue weighted by molar-refractivity contribution is -0.0966. The van der Waals surface area contributed by atoms with Gasteiger partial charge < -0.3 is 10.5 Å². The first-order chi connectivity index (χ1) is 9.90. The van der Waals surface area contributed by atoms with Crippen molar-refractivity contribution >= 4 is 11.8 Å². The van der Waals surface area contributed by atoms with Gasteiger partial charge in [-0.2, -0.15) is 11.8 Å². The maximum atomic E-state index is 6.56. The van der Waals surface area contributed by atoms with E-state index in [-0.39, 0.29) is 5.60 Å². The second-order valence-electron chi connectivity index (χ2n) is 8.79. The average molecular weight is 312 g/mol. The molecular formula is C18H33NOS. The van der Waals surface area contributed by atoms with E-state index >= 15 is 0 Å². The van der Waals surface area contributed by atoms with Crippen LogP contribution in [0, 0.1) is 23.2 Å². The number of hydrogen-bond acceptors (Lipinski definition) is 3. The van der Waals surface area contributed by atoms with Crippen molar-refractivity contribution in [2.75, 3.05) is 18.1 Å². The van der Waals surface area contributed by atoms with E-state index in [0.29, 0.717) is 11.5 Å². The Morgan fingerprint density at radius 3 is 2.67 bits per heavy atom. The van der Waals surface area contributed by atoms with Gasteiger partial charge in [-0.15, -0.1) is 0 Å². The van der Waals surface area contributed by atoms with Gasteiger partial charge in [-0.05, 0) is 67.4 Å². The SMILES string of the molecule is CC(C)(C)C1CCC(N)C(C2CCOC3(CCSC3)C2)C1. The number of thioether (sulfide) groups is 1. The molecule has 1 spiro atoms. The van der Waals surface area contributed by atoms with Gasteiger partial charge in [-0.1, -0.05) is 20.8 Å². The van der Waals surface area contributed by atoms with Crippen LogP contribution in [0.1, 0.15) is 59.3 Å². The maximum Gasteiger partial charge on any atom is 0.0783 e.